The lowest BCUT2D eigenvalue weighted by Gasteiger charge is -2.42. The molecule has 0 bridgehead atoms. The molecule has 0 spiro atoms. The standard InChI is InChI=1S/C46H8F52O2/c47-23(48,27(55,56)31(63,64)35(71,72)39(79,80)43(87,88)89)17-5-9-1-13-14(2-10(9)6-18(17)24(49,50)28(57,58)32(65,66)36(73,74)40(81,82)44(90,91)92)22(100)16-4-12-8-20(26(53,54)30(61,62)34(69,70)38(77,78)42(85,86)46(96,97)98)19(7-11(12)3-15(16)21(13)99)25(51,52)29(59,60)33(67,68)37(75,76)41(83,84)45(93,94)95/h1-8H. The van der Waals surface area contributed by atoms with Crippen LogP contribution in [0.15, 0.2) is 48.5 Å². The van der Waals surface area contributed by atoms with Crippen LogP contribution < -0.4 is 0 Å². The predicted octanol–water partition coefficient (Wildman–Crippen LogP) is 21.5. The number of rotatable bonds is 20. The minimum atomic E-state index is -9.46. The van der Waals surface area contributed by atoms with Crippen molar-refractivity contribution in [3.8, 4) is 0 Å². The van der Waals surface area contributed by atoms with Crippen LogP contribution in [0.1, 0.15) is 54.1 Å². The number of carbonyl (C=O) groups is 2. The molecule has 5 rings (SSSR count). The Bertz CT molecular complexity index is 3420. The number of hydrogen-bond donors (Lipinski definition) is 0. The van der Waals surface area contributed by atoms with Crippen LogP contribution in [-0.4, -0.2) is 131 Å². The van der Waals surface area contributed by atoms with Gasteiger partial charge >= 0.3 is 143 Å². The maximum Gasteiger partial charge on any atom is 0.460 e. The third-order valence-corrected chi connectivity index (χ3v) is 14.3. The van der Waals surface area contributed by atoms with Crippen molar-refractivity contribution in [1.82, 2.24) is 0 Å². The van der Waals surface area contributed by atoms with Crippen molar-refractivity contribution in [3.63, 3.8) is 0 Å². The Morgan fingerprint density at radius 3 is 0.370 bits per heavy atom. The molecule has 0 unspecified atom stereocenters. The van der Waals surface area contributed by atoms with Gasteiger partial charge in [0.1, 0.15) is 0 Å². The molecule has 0 aromatic heterocycles. The maximum absolute atomic E-state index is 16.0. The number of halogens is 52. The molecule has 2 nitrogen and oxygen atoms in total. The second-order valence-electron chi connectivity index (χ2n) is 20.4. The molecule has 0 saturated heterocycles. The molecule has 0 saturated carbocycles. The first kappa shape index (κ1) is 83.8. The first-order chi connectivity index (χ1) is 43.2. The summed E-state index contributed by atoms with van der Waals surface area (Å²) < 4.78 is 745. The fourth-order valence-corrected chi connectivity index (χ4v) is 8.53. The van der Waals surface area contributed by atoms with Crippen molar-refractivity contribution in [2.24, 2.45) is 0 Å². The van der Waals surface area contributed by atoms with Crippen LogP contribution >= 0.6 is 0 Å². The van der Waals surface area contributed by atoms with Crippen molar-refractivity contribution in [2.45, 2.75) is 143 Å². The molecule has 0 heterocycles. The molecule has 0 amide bonds. The smallest absolute Gasteiger partial charge is 0.289 e. The Morgan fingerprint density at radius 2 is 0.260 bits per heavy atom. The summed E-state index contributed by atoms with van der Waals surface area (Å²) in [6, 6.07) is -11.9. The van der Waals surface area contributed by atoms with Gasteiger partial charge in [0.2, 0.25) is 0 Å². The predicted molar refractivity (Wildman–Crippen MR) is 214 cm³/mol. The van der Waals surface area contributed by atoms with Crippen LogP contribution in [0.25, 0.3) is 21.5 Å². The molecule has 0 aliphatic heterocycles. The fourth-order valence-electron chi connectivity index (χ4n) is 8.53. The molecule has 1 aliphatic rings. The Labute approximate surface area is 507 Å². The zero-order valence-electron chi connectivity index (χ0n) is 44.1. The summed E-state index contributed by atoms with van der Waals surface area (Å²) in [5.41, 5.74) is -29.0. The molecule has 0 N–H and O–H groups in total. The summed E-state index contributed by atoms with van der Waals surface area (Å²) in [6.07, 6.45) is -33.8. The van der Waals surface area contributed by atoms with E-state index in [0.717, 1.165) is 0 Å². The molecule has 4 aromatic rings. The molecule has 0 atom stereocenters. The highest BCUT2D eigenvalue weighted by Gasteiger charge is 2.96. The number of carbonyl (C=O) groups excluding carboxylic acids is 2. The number of alkyl halides is 52. The van der Waals surface area contributed by atoms with Gasteiger partial charge in [-0.1, -0.05) is 0 Å². The Balaban J connectivity index is 2.02. The van der Waals surface area contributed by atoms with Crippen molar-refractivity contribution in [2.75, 3.05) is 0 Å². The summed E-state index contributed by atoms with van der Waals surface area (Å²) in [6.45, 7) is 0. The van der Waals surface area contributed by atoms with Gasteiger partial charge in [0.25, 0.3) is 0 Å². The monoisotopic (exact) mass is 1580 g/mol. The van der Waals surface area contributed by atoms with Crippen molar-refractivity contribution in [3.05, 3.63) is 93.0 Å². The lowest BCUT2D eigenvalue weighted by atomic mass is 9.78. The van der Waals surface area contributed by atoms with E-state index in [9.17, 15) is 168 Å². The molecule has 100 heavy (non-hydrogen) atoms. The van der Waals surface area contributed by atoms with Crippen LogP contribution in [-0.2, 0) is 23.7 Å². The molecule has 0 fully saturated rings. The average Bonchev–Trinajstić information content (AvgIpc) is 0.656. The van der Waals surface area contributed by atoms with Crippen LogP contribution in [0.2, 0.25) is 0 Å². The van der Waals surface area contributed by atoms with Crippen LogP contribution in [0.5, 0.6) is 0 Å². The van der Waals surface area contributed by atoms with E-state index in [1.807, 2.05) is 0 Å². The van der Waals surface area contributed by atoms with E-state index in [2.05, 4.69) is 0 Å². The van der Waals surface area contributed by atoms with Gasteiger partial charge in [-0.05, 0) is 70.1 Å². The van der Waals surface area contributed by atoms with E-state index in [1.54, 1.807) is 0 Å². The Hall–Kier alpha value is -6.90. The van der Waals surface area contributed by atoms with E-state index in [4.69, 9.17) is 0 Å². The molecule has 54 heteroatoms. The number of hydrogen-bond acceptors (Lipinski definition) is 2. The van der Waals surface area contributed by atoms with E-state index < -0.39 is 269 Å². The Kier molecular flexibility index (Phi) is 18.3. The largest absolute Gasteiger partial charge is 0.460 e. The minimum absolute atomic E-state index is 0.948. The van der Waals surface area contributed by atoms with Gasteiger partial charge in [0.05, 0.1) is 0 Å². The topological polar surface area (TPSA) is 34.1 Å². The third kappa shape index (κ3) is 10.2. The summed E-state index contributed by atoms with van der Waals surface area (Å²) in [5.74, 6) is -189. The minimum Gasteiger partial charge on any atom is -0.289 e. The van der Waals surface area contributed by atoms with E-state index in [0.29, 0.717) is 0 Å². The second kappa shape index (κ2) is 21.8. The van der Waals surface area contributed by atoms with Crippen LogP contribution in [0, 0.1) is 0 Å². The van der Waals surface area contributed by atoms with Gasteiger partial charge in [0.15, 0.2) is 11.6 Å². The Morgan fingerprint density at radius 1 is 0.150 bits per heavy atom. The SMILES string of the molecule is O=C1c2cc3cc(C(F)(F)C(F)(F)C(F)(F)C(F)(F)C(F)(F)C(F)(F)F)c(C(F)(F)C(F)(F)C(F)(F)C(F)(F)C(F)(F)C(F)(F)F)cc3cc2C(=O)c2cc3cc(C(F)(F)C(F)(F)C(F)(F)C(F)(F)C(F)(F)C(F)(F)F)c(C(F)(F)C(F)(F)C(F)(F)C(F)(F)C(F)(F)C(F)(F)F)cc3cc21. The summed E-state index contributed by atoms with van der Waals surface area (Å²) in [5, 5.41) is -10.3. The van der Waals surface area contributed by atoms with Crippen LogP contribution in [0.3, 0.4) is 0 Å². The highest BCUT2D eigenvalue weighted by Crippen LogP contribution is 2.70. The fraction of sp³-hybridized carbons (Fsp3) is 0.522. The van der Waals surface area contributed by atoms with Gasteiger partial charge in [0, 0.05) is 44.5 Å². The molecule has 1 aliphatic carbocycles. The van der Waals surface area contributed by atoms with E-state index >= 15 is 70.2 Å². The first-order valence-electron chi connectivity index (χ1n) is 23.4. The van der Waals surface area contributed by atoms with Crippen molar-refractivity contribution in [1.29, 1.82) is 0 Å². The van der Waals surface area contributed by atoms with Gasteiger partial charge in [-0.25, -0.2) is 0 Å². The first-order valence-corrected chi connectivity index (χ1v) is 23.4. The van der Waals surface area contributed by atoms with Gasteiger partial charge in [-0.3, -0.25) is 9.59 Å². The van der Waals surface area contributed by atoms with E-state index in [-0.39, 0.29) is 0 Å². The van der Waals surface area contributed by atoms with Crippen molar-refractivity contribution < 1.29 is 238 Å². The molecular formula is C46H8F52O2. The molecule has 0 radical (unpaired) electrons. The highest BCUT2D eigenvalue weighted by atomic mass is 19.5. The number of fused-ring (bicyclic) bond motifs is 4. The molecular weight excluding hydrogens is 1570 g/mol. The highest BCUT2D eigenvalue weighted by molar-refractivity contribution is 6.30. The zero-order valence-corrected chi connectivity index (χ0v) is 44.1. The van der Waals surface area contributed by atoms with E-state index in [1.165, 1.54) is 0 Å². The summed E-state index contributed by atoms with van der Waals surface area (Å²) in [4.78, 5) is 27.7. The molecule has 4 aromatic carbocycles. The van der Waals surface area contributed by atoms with Crippen molar-refractivity contribution >= 4 is 33.1 Å². The number of ketones is 2. The second-order valence-corrected chi connectivity index (χ2v) is 20.4. The maximum atomic E-state index is 16.0. The van der Waals surface area contributed by atoms with Gasteiger partial charge in [-0.15, -0.1) is 0 Å². The quantitative estimate of drug-likeness (QED) is 0.0728. The lowest BCUT2D eigenvalue weighted by molar-refractivity contribution is -0.444. The van der Waals surface area contributed by atoms with Gasteiger partial charge in [-0.2, -0.15) is 228 Å². The summed E-state index contributed by atoms with van der Waals surface area (Å²) in [7, 11) is 0. The average molecular weight is 1580 g/mol. The normalized spacial score (nSPS) is 16.6. The lowest BCUT2D eigenvalue weighted by Crippen LogP contribution is -2.70. The zero-order chi connectivity index (χ0) is 79.7. The van der Waals surface area contributed by atoms with Crippen LogP contribution in [0.4, 0.5) is 228 Å². The number of benzene rings is 4. The summed E-state index contributed by atoms with van der Waals surface area (Å²) >= 11 is 0. The third-order valence-electron chi connectivity index (χ3n) is 14.3. The van der Waals surface area contributed by atoms with Gasteiger partial charge < -0.3 is 0 Å². The molecule has 568 valence electrons.